The molecular weight excluding hydrogens is 701 g/mol. The Morgan fingerprint density at radius 1 is 0.276 bits per heavy atom. The van der Waals surface area contributed by atoms with E-state index in [0.29, 0.717) is 0 Å². The number of rotatable bonds is 6. The number of anilines is 6. The molecule has 0 aliphatic heterocycles. The number of benzene rings is 7. The van der Waals surface area contributed by atoms with E-state index in [-0.39, 0.29) is 0 Å². The summed E-state index contributed by atoms with van der Waals surface area (Å²) < 4.78 is 0. The Bertz CT molecular complexity index is 2500. The van der Waals surface area contributed by atoms with E-state index in [1.54, 1.807) is 22.3 Å². The highest BCUT2D eigenvalue weighted by molar-refractivity contribution is 6.09. The summed E-state index contributed by atoms with van der Waals surface area (Å²) in [6.07, 6.45) is 14.1. The van der Waals surface area contributed by atoms with E-state index in [4.69, 9.17) is 0 Å². The number of hydrogen-bond acceptors (Lipinski definition) is 2. The van der Waals surface area contributed by atoms with Gasteiger partial charge >= 0.3 is 0 Å². The van der Waals surface area contributed by atoms with Crippen LogP contribution < -0.4 is 9.80 Å². The Kier molecular flexibility index (Phi) is 7.58. The lowest BCUT2D eigenvalue weighted by atomic mass is 9.67. The van der Waals surface area contributed by atoms with E-state index in [0.717, 1.165) is 47.3 Å². The van der Waals surface area contributed by atoms with Crippen LogP contribution in [0, 0.1) is 23.7 Å². The highest BCUT2D eigenvalue weighted by Gasteiger charge is 2.43. The third-order valence-electron chi connectivity index (χ3n) is 16.0. The first kappa shape index (κ1) is 33.6. The topological polar surface area (TPSA) is 6.48 Å². The minimum absolute atomic E-state index is 0.719. The van der Waals surface area contributed by atoms with Gasteiger partial charge in [0.1, 0.15) is 0 Å². The molecule has 58 heavy (non-hydrogen) atoms. The lowest BCUT2D eigenvalue weighted by molar-refractivity contribution is 0.165. The Balaban J connectivity index is 0.887. The molecule has 0 saturated heterocycles. The molecule has 15 rings (SSSR count). The molecule has 8 aliphatic rings. The largest absolute Gasteiger partial charge is 0.310 e. The summed E-state index contributed by atoms with van der Waals surface area (Å²) in [6.45, 7) is 0. The third-order valence-corrected chi connectivity index (χ3v) is 16.0. The van der Waals surface area contributed by atoms with Crippen molar-refractivity contribution < 1.29 is 0 Å². The molecule has 4 atom stereocenters. The molecule has 0 radical (unpaired) electrons. The average Bonchev–Trinajstić information content (AvgIpc) is 3.53. The van der Waals surface area contributed by atoms with Crippen LogP contribution in [0.5, 0.6) is 0 Å². The van der Waals surface area contributed by atoms with Crippen LogP contribution in [-0.4, -0.2) is 0 Å². The summed E-state index contributed by atoms with van der Waals surface area (Å²) in [5.41, 5.74) is 14.0. The van der Waals surface area contributed by atoms with Gasteiger partial charge in [0, 0.05) is 34.1 Å². The van der Waals surface area contributed by atoms with Gasteiger partial charge in [0.15, 0.2) is 0 Å². The van der Waals surface area contributed by atoms with Gasteiger partial charge in [-0.05, 0) is 228 Å². The number of para-hydroxylation sites is 2. The summed E-state index contributed by atoms with van der Waals surface area (Å²) in [4.78, 5) is 5.00. The van der Waals surface area contributed by atoms with E-state index in [2.05, 4.69) is 155 Å². The first-order valence-electron chi connectivity index (χ1n) is 22.6. The highest BCUT2D eigenvalue weighted by atomic mass is 15.1. The first-order chi connectivity index (χ1) is 28.6. The smallest absolute Gasteiger partial charge is 0.0468 e. The molecule has 4 unspecified atom stereocenters. The maximum absolute atomic E-state index is 2.58. The van der Waals surface area contributed by atoms with Gasteiger partial charge in [0.2, 0.25) is 0 Å². The highest BCUT2D eigenvalue weighted by Crippen LogP contribution is 2.58. The zero-order valence-corrected chi connectivity index (χ0v) is 33.4. The van der Waals surface area contributed by atoms with E-state index in [1.165, 1.54) is 120 Å². The van der Waals surface area contributed by atoms with Crippen molar-refractivity contribution >= 4 is 55.7 Å². The Morgan fingerprint density at radius 3 is 1.02 bits per heavy atom. The zero-order chi connectivity index (χ0) is 37.9. The van der Waals surface area contributed by atoms with Crippen LogP contribution >= 0.6 is 0 Å². The summed E-state index contributed by atoms with van der Waals surface area (Å²) in [5, 5.41) is 5.16. The molecule has 0 heterocycles. The van der Waals surface area contributed by atoms with Crippen molar-refractivity contribution in [1.82, 2.24) is 0 Å². The number of nitrogens with zero attached hydrogens (tertiary/aromatic N) is 2. The molecule has 0 spiro atoms. The van der Waals surface area contributed by atoms with Gasteiger partial charge in [-0.25, -0.2) is 0 Å². The van der Waals surface area contributed by atoms with Crippen LogP contribution in [0.4, 0.5) is 34.1 Å². The fraction of sp³-hybridized carbons (Fsp3) is 0.321. The van der Waals surface area contributed by atoms with Crippen LogP contribution in [0.3, 0.4) is 0 Å². The average molecular weight is 753 g/mol. The molecule has 0 aromatic heterocycles. The lowest BCUT2D eigenvalue weighted by Crippen LogP contribution is -2.25. The summed E-state index contributed by atoms with van der Waals surface area (Å²) in [7, 11) is 0. The minimum Gasteiger partial charge on any atom is -0.310 e. The van der Waals surface area contributed by atoms with Gasteiger partial charge in [0.25, 0.3) is 0 Å². The van der Waals surface area contributed by atoms with Crippen LogP contribution in [0.1, 0.15) is 110 Å². The van der Waals surface area contributed by atoms with Crippen LogP contribution in [0.2, 0.25) is 0 Å². The standard InChI is InChI=1S/C56H52N2/c1-3-7-45(8-4-1)57(49-15-19-53-41-23-35-21-36(24-41)28-43(27-35)55(53)33-49)47-13-17-51-39(31-47)11-12-40-32-48(14-18-52(40)51)58(46-9-5-2-6-10-46)50-16-20-54-42-25-37-22-38(26-42)30-44(29-37)56(54)34-50/h1-20,31-38,41-44H,21-30H2. The van der Waals surface area contributed by atoms with Crippen LogP contribution in [0.25, 0.3) is 21.5 Å². The third kappa shape index (κ3) is 5.43. The lowest BCUT2D eigenvalue weighted by Gasteiger charge is -2.38. The number of hydrogen-bond donors (Lipinski definition) is 0. The van der Waals surface area contributed by atoms with Crippen molar-refractivity contribution in [3.63, 3.8) is 0 Å². The normalized spacial score (nSPS) is 27.3. The fourth-order valence-corrected chi connectivity index (χ4v) is 13.9. The summed E-state index contributed by atoms with van der Waals surface area (Å²) in [5.74, 6) is 6.65. The van der Waals surface area contributed by atoms with E-state index >= 15 is 0 Å². The Labute approximate surface area is 343 Å². The van der Waals surface area contributed by atoms with Crippen LogP contribution in [-0.2, 0) is 0 Å². The first-order valence-corrected chi connectivity index (χ1v) is 22.6. The van der Waals surface area contributed by atoms with Gasteiger partial charge in [-0.15, -0.1) is 0 Å². The van der Waals surface area contributed by atoms with Gasteiger partial charge in [-0.1, -0.05) is 72.8 Å². The molecule has 8 bridgehead atoms. The molecule has 8 aliphatic carbocycles. The fourth-order valence-electron chi connectivity index (χ4n) is 13.9. The molecule has 2 nitrogen and oxygen atoms in total. The predicted octanol–water partition coefficient (Wildman–Crippen LogP) is 15.7. The number of fused-ring (bicyclic) bond motifs is 3. The molecule has 2 heteroatoms. The van der Waals surface area contributed by atoms with Gasteiger partial charge in [0.05, 0.1) is 0 Å². The van der Waals surface area contributed by atoms with Crippen molar-refractivity contribution in [2.75, 3.05) is 9.80 Å². The van der Waals surface area contributed by atoms with Crippen molar-refractivity contribution in [2.24, 2.45) is 23.7 Å². The predicted molar refractivity (Wildman–Crippen MR) is 242 cm³/mol. The van der Waals surface area contributed by atoms with E-state index in [9.17, 15) is 0 Å². The Hall–Kier alpha value is -5.34. The quantitative estimate of drug-likeness (QED) is 0.156. The molecular formula is C56H52N2. The Morgan fingerprint density at radius 2 is 0.621 bits per heavy atom. The van der Waals surface area contributed by atoms with Crippen molar-refractivity contribution in [1.29, 1.82) is 0 Å². The maximum Gasteiger partial charge on any atom is 0.0468 e. The molecule has 7 aromatic rings. The zero-order valence-electron chi connectivity index (χ0n) is 33.4. The summed E-state index contributed by atoms with van der Waals surface area (Å²) in [6, 6.07) is 56.1. The second kappa shape index (κ2) is 13.1. The van der Waals surface area contributed by atoms with Crippen molar-refractivity contribution in [3.8, 4) is 0 Å². The second-order valence-electron chi connectivity index (χ2n) is 19.5. The molecule has 0 amide bonds. The van der Waals surface area contributed by atoms with E-state index in [1.807, 2.05) is 0 Å². The van der Waals surface area contributed by atoms with Gasteiger partial charge in [-0.3, -0.25) is 0 Å². The monoisotopic (exact) mass is 752 g/mol. The maximum atomic E-state index is 2.58. The molecule has 4 fully saturated rings. The molecule has 286 valence electrons. The van der Waals surface area contributed by atoms with Crippen molar-refractivity contribution in [3.05, 3.63) is 168 Å². The van der Waals surface area contributed by atoms with Gasteiger partial charge < -0.3 is 9.80 Å². The summed E-state index contributed by atoms with van der Waals surface area (Å²) >= 11 is 0. The molecule has 0 N–H and O–H groups in total. The van der Waals surface area contributed by atoms with Crippen molar-refractivity contribution in [2.45, 2.75) is 87.9 Å². The SMILES string of the molecule is c1ccc(N(c2ccc3c(c2)C2CC4CC(CC3C4)C2)c2ccc3c(ccc4cc(N(c5ccccc5)c5ccc6c(c5)C5CC7CC(CC6C7)C5)ccc43)c2)cc1. The molecule has 7 aromatic carbocycles. The van der Waals surface area contributed by atoms with Crippen LogP contribution in [0.15, 0.2) is 146 Å². The second-order valence-corrected chi connectivity index (χ2v) is 19.5. The minimum atomic E-state index is 0.719. The molecule has 4 saturated carbocycles. The van der Waals surface area contributed by atoms with E-state index < -0.39 is 0 Å². The van der Waals surface area contributed by atoms with Gasteiger partial charge in [-0.2, -0.15) is 0 Å².